The summed E-state index contributed by atoms with van der Waals surface area (Å²) < 4.78 is 4.96. The number of ether oxygens (including phenoxy) is 1. The van der Waals surface area contributed by atoms with Gasteiger partial charge in [0.25, 0.3) is 6.54 Å². The number of aliphatic imine (C=N–C) groups is 1. The highest BCUT2D eigenvalue weighted by atomic mass is 16.6. The molecule has 0 unspecified atom stereocenters. The molecule has 0 fully saturated rings. The zero-order valence-electron chi connectivity index (χ0n) is 10.7. The number of nitrogens with zero attached hydrogens (tertiary/aromatic N) is 4. The summed E-state index contributed by atoms with van der Waals surface area (Å²) in [6.45, 7) is 0.230. The molecule has 0 aliphatic rings. The first-order valence-electron chi connectivity index (χ1n) is 5.34. The van der Waals surface area contributed by atoms with E-state index < -0.39 is 4.92 Å². The van der Waals surface area contributed by atoms with E-state index in [2.05, 4.69) is 9.98 Å². The van der Waals surface area contributed by atoms with E-state index in [4.69, 9.17) is 4.74 Å². The topological polar surface area (TPSA) is 80.9 Å². The number of methoxy groups -OCH3 is 1. The number of nitro groups is 1. The Kier molecular flexibility index (Phi) is 5.04. The standard InChI is InChI=1S/C11H16N4O3/c1-12-10(8-15(16)17)14(2)7-9-4-5-11(18-3)13-6-9/h4-6H,7-8H2,1-3H3. The van der Waals surface area contributed by atoms with Gasteiger partial charge in [-0.3, -0.25) is 15.1 Å². The third-order valence-electron chi connectivity index (χ3n) is 2.40. The van der Waals surface area contributed by atoms with Gasteiger partial charge in [-0.25, -0.2) is 4.98 Å². The van der Waals surface area contributed by atoms with Crippen molar-refractivity contribution in [1.29, 1.82) is 0 Å². The summed E-state index contributed by atoms with van der Waals surface area (Å²) in [7, 11) is 4.85. The molecule has 0 spiro atoms. The summed E-state index contributed by atoms with van der Waals surface area (Å²) in [5.74, 6) is 0.965. The summed E-state index contributed by atoms with van der Waals surface area (Å²) in [6.07, 6.45) is 1.68. The van der Waals surface area contributed by atoms with Crippen molar-refractivity contribution < 1.29 is 9.66 Å². The van der Waals surface area contributed by atoms with E-state index in [9.17, 15) is 10.1 Å². The quantitative estimate of drug-likeness (QED) is 0.335. The van der Waals surface area contributed by atoms with Gasteiger partial charge in [0.05, 0.1) is 7.11 Å². The first kappa shape index (κ1) is 13.9. The fourth-order valence-corrected chi connectivity index (χ4v) is 1.47. The van der Waals surface area contributed by atoms with Crippen LogP contribution < -0.4 is 4.74 Å². The number of hydrogen-bond acceptors (Lipinski definition) is 5. The van der Waals surface area contributed by atoms with Gasteiger partial charge in [0.1, 0.15) is 0 Å². The Balaban J connectivity index is 2.67. The lowest BCUT2D eigenvalue weighted by Crippen LogP contribution is -2.32. The van der Waals surface area contributed by atoms with Gasteiger partial charge in [0.15, 0.2) is 5.84 Å². The molecule has 0 amide bonds. The maximum absolute atomic E-state index is 10.5. The van der Waals surface area contributed by atoms with Crippen molar-refractivity contribution in [3.8, 4) is 5.88 Å². The largest absolute Gasteiger partial charge is 0.481 e. The van der Waals surface area contributed by atoms with Crippen LogP contribution in [0, 0.1) is 10.1 Å². The van der Waals surface area contributed by atoms with Crippen molar-refractivity contribution in [2.24, 2.45) is 4.99 Å². The first-order valence-corrected chi connectivity index (χ1v) is 5.34. The van der Waals surface area contributed by atoms with Crippen molar-refractivity contribution in [2.45, 2.75) is 6.54 Å². The Bertz CT molecular complexity index is 430. The molecule has 1 aromatic heterocycles. The lowest BCUT2D eigenvalue weighted by Gasteiger charge is -2.18. The summed E-state index contributed by atoms with van der Waals surface area (Å²) >= 11 is 0. The Morgan fingerprint density at radius 2 is 2.33 bits per heavy atom. The average molecular weight is 252 g/mol. The van der Waals surface area contributed by atoms with Crippen molar-refractivity contribution >= 4 is 5.84 Å². The number of likely N-dealkylation sites (N-methyl/N-ethyl adjacent to an activating group) is 1. The lowest BCUT2D eigenvalue weighted by atomic mass is 10.2. The van der Waals surface area contributed by atoms with E-state index in [1.54, 1.807) is 38.4 Å². The fraction of sp³-hybridized carbons (Fsp3) is 0.455. The van der Waals surface area contributed by atoms with E-state index in [-0.39, 0.29) is 6.54 Å². The van der Waals surface area contributed by atoms with Crippen LogP contribution in [0.25, 0.3) is 0 Å². The SMILES string of the molecule is CN=C(C[N+](=O)[O-])N(C)Cc1ccc(OC)nc1. The Morgan fingerprint density at radius 3 is 2.78 bits per heavy atom. The van der Waals surface area contributed by atoms with Gasteiger partial charge in [-0.15, -0.1) is 0 Å². The molecular weight excluding hydrogens is 236 g/mol. The van der Waals surface area contributed by atoms with Crippen molar-refractivity contribution in [3.05, 3.63) is 34.0 Å². The van der Waals surface area contributed by atoms with Crippen LogP contribution in [0.15, 0.2) is 23.3 Å². The minimum absolute atomic E-state index is 0.281. The molecule has 0 aromatic carbocycles. The van der Waals surface area contributed by atoms with Gasteiger partial charge < -0.3 is 9.64 Å². The maximum atomic E-state index is 10.5. The van der Waals surface area contributed by atoms with Crippen molar-refractivity contribution in [1.82, 2.24) is 9.88 Å². The molecule has 0 N–H and O–H groups in total. The molecular formula is C11H16N4O3. The Labute approximate surface area is 105 Å². The normalized spacial score (nSPS) is 11.2. The Morgan fingerprint density at radius 1 is 1.61 bits per heavy atom. The number of aromatic nitrogens is 1. The maximum Gasteiger partial charge on any atom is 0.260 e. The van der Waals surface area contributed by atoms with Gasteiger partial charge >= 0.3 is 0 Å². The number of amidine groups is 1. The number of hydrogen-bond donors (Lipinski definition) is 0. The van der Waals surface area contributed by atoms with Crippen LogP contribution >= 0.6 is 0 Å². The smallest absolute Gasteiger partial charge is 0.260 e. The van der Waals surface area contributed by atoms with Crippen molar-refractivity contribution in [2.75, 3.05) is 27.7 Å². The molecule has 98 valence electrons. The van der Waals surface area contributed by atoms with Gasteiger partial charge in [-0.2, -0.15) is 0 Å². The molecule has 0 bridgehead atoms. The second-order valence-corrected chi connectivity index (χ2v) is 3.70. The average Bonchev–Trinajstić information content (AvgIpc) is 2.36. The van der Waals surface area contributed by atoms with E-state index in [0.717, 1.165) is 5.56 Å². The van der Waals surface area contributed by atoms with Gasteiger partial charge in [0.2, 0.25) is 5.88 Å². The monoisotopic (exact) mass is 252 g/mol. The third-order valence-corrected chi connectivity index (χ3v) is 2.40. The zero-order chi connectivity index (χ0) is 13.5. The minimum Gasteiger partial charge on any atom is -0.481 e. The van der Waals surface area contributed by atoms with Gasteiger partial charge in [-0.05, 0) is 5.56 Å². The predicted molar refractivity (Wildman–Crippen MR) is 67.5 cm³/mol. The van der Waals surface area contributed by atoms with Crippen LogP contribution in [0.5, 0.6) is 5.88 Å². The van der Waals surface area contributed by atoms with E-state index in [1.807, 2.05) is 6.07 Å². The van der Waals surface area contributed by atoms with Gasteiger partial charge in [0, 0.05) is 37.8 Å². The molecule has 1 rings (SSSR count). The molecule has 7 heteroatoms. The van der Waals surface area contributed by atoms with Crippen molar-refractivity contribution in [3.63, 3.8) is 0 Å². The predicted octanol–water partition coefficient (Wildman–Crippen LogP) is 0.827. The van der Waals surface area contributed by atoms with Crippen LogP contribution in [0.4, 0.5) is 0 Å². The fourth-order valence-electron chi connectivity index (χ4n) is 1.47. The van der Waals surface area contributed by atoms with Crippen LogP contribution in [-0.4, -0.2) is 48.4 Å². The molecule has 0 saturated carbocycles. The zero-order valence-corrected chi connectivity index (χ0v) is 10.7. The molecule has 0 saturated heterocycles. The summed E-state index contributed by atoms with van der Waals surface area (Å²) in [6, 6.07) is 3.61. The van der Waals surface area contributed by atoms with Crippen LogP contribution in [0.3, 0.4) is 0 Å². The molecule has 18 heavy (non-hydrogen) atoms. The van der Waals surface area contributed by atoms with E-state index >= 15 is 0 Å². The molecule has 0 radical (unpaired) electrons. The molecule has 0 aliphatic heterocycles. The molecule has 0 atom stereocenters. The second-order valence-electron chi connectivity index (χ2n) is 3.70. The minimum atomic E-state index is -0.398. The van der Waals surface area contributed by atoms with Crippen LogP contribution in [-0.2, 0) is 6.54 Å². The molecule has 0 aliphatic carbocycles. The van der Waals surface area contributed by atoms with E-state index in [0.29, 0.717) is 18.3 Å². The van der Waals surface area contributed by atoms with Crippen LogP contribution in [0.2, 0.25) is 0 Å². The highest BCUT2D eigenvalue weighted by Crippen LogP contribution is 2.08. The Hall–Kier alpha value is -2.18. The molecule has 1 heterocycles. The molecule has 1 aromatic rings. The number of pyridine rings is 1. The van der Waals surface area contributed by atoms with E-state index in [1.165, 1.54) is 0 Å². The number of rotatable bonds is 5. The highest BCUT2D eigenvalue weighted by Gasteiger charge is 2.12. The highest BCUT2D eigenvalue weighted by molar-refractivity contribution is 5.82. The summed E-state index contributed by atoms with van der Waals surface area (Å²) in [4.78, 5) is 19.8. The van der Waals surface area contributed by atoms with Crippen LogP contribution in [0.1, 0.15) is 5.56 Å². The summed E-state index contributed by atoms with van der Waals surface area (Å²) in [5.41, 5.74) is 0.933. The third kappa shape index (κ3) is 4.00. The molecule has 7 nitrogen and oxygen atoms in total. The first-order chi connectivity index (χ1) is 8.56. The van der Waals surface area contributed by atoms with Gasteiger partial charge in [-0.1, -0.05) is 6.07 Å². The lowest BCUT2D eigenvalue weighted by molar-refractivity contribution is -0.464. The summed E-state index contributed by atoms with van der Waals surface area (Å²) in [5, 5.41) is 10.5. The second kappa shape index (κ2) is 6.53.